The fourth-order valence-electron chi connectivity index (χ4n) is 3.37. The van der Waals surface area contributed by atoms with Crippen LogP contribution in [0.25, 0.3) is 0 Å². The fraction of sp³-hybridized carbons (Fsp3) is 0.450. The number of carbonyl (C=O) groups is 2. The van der Waals surface area contributed by atoms with Gasteiger partial charge in [0, 0.05) is 24.4 Å². The normalized spacial score (nSPS) is 16.9. The molecule has 3 rings (SSSR count). The van der Waals surface area contributed by atoms with Crippen LogP contribution >= 0.6 is 11.3 Å². The summed E-state index contributed by atoms with van der Waals surface area (Å²) in [6.07, 6.45) is 2.65. The first-order chi connectivity index (χ1) is 12.5. The Morgan fingerprint density at radius 3 is 2.77 bits per heavy atom. The zero-order chi connectivity index (χ0) is 18.5. The largest absolute Gasteiger partial charge is 0.351 e. The fourth-order valence-corrected chi connectivity index (χ4v) is 4.30. The number of aryl methyl sites for hydroxylation is 3. The minimum Gasteiger partial charge on any atom is -0.351 e. The van der Waals surface area contributed by atoms with Crippen molar-refractivity contribution >= 4 is 23.2 Å². The van der Waals surface area contributed by atoms with Gasteiger partial charge in [0.25, 0.3) is 0 Å². The molecule has 2 amide bonds. The second kappa shape index (κ2) is 8.45. The third-order valence-corrected chi connectivity index (χ3v) is 5.71. The monoisotopic (exact) mass is 371 g/mol. The number of aromatic nitrogens is 1. The predicted molar refractivity (Wildman–Crippen MR) is 103 cm³/mol. The van der Waals surface area contributed by atoms with Crippen LogP contribution in [0, 0.1) is 13.8 Å². The molecule has 5 nitrogen and oxygen atoms in total. The summed E-state index contributed by atoms with van der Waals surface area (Å²) in [5.41, 5.74) is 2.21. The Morgan fingerprint density at radius 2 is 2.08 bits per heavy atom. The average Bonchev–Trinajstić information content (AvgIpc) is 3.10. The van der Waals surface area contributed by atoms with E-state index in [4.69, 9.17) is 0 Å². The highest BCUT2D eigenvalue weighted by Gasteiger charge is 2.30. The van der Waals surface area contributed by atoms with E-state index < -0.39 is 0 Å². The molecule has 0 bridgehead atoms. The Kier molecular flexibility index (Phi) is 6.04. The van der Waals surface area contributed by atoms with E-state index in [-0.39, 0.29) is 17.9 Å². The van der Waals surface area contributed by atoms with Crippen molar-refractivity contribution in [2.45, 2.75) is 45.6 Å². The molecule has 1 aliphatic heterocycles. The zero-order valence-corrected chi connectivity index (χ0v) is 16.1. The van der Waals surface area contributed by atoms with Crippen molar-refractivity contribution < 1.29 is 9.59 Å². The van der Waals surface area contributed by atoms with E-state index in [0.717, 1.165) is 35.0 Å². The molecule has 1 saturated heterocycles. The maximum Gasteiger partial charge on any atom is 0.225 e. The van der Waals surface area contributed by atoms with Gasteiger partial charge in [0.05, 0.1) is 23.2 Å². The highest BCUT2D eigenvalue weighted by molar-refractivity contribution is 7.11. The summed E-state index contributed by atoms with van der Waals surface area (Å²) in [5, 5.41) is 3.99. The molecule has 0 radical (unpaired) electrons. The van der Waals surface area contributed by atoms with Gasteiger partial charge in [-0.15, -0.1) is 11.3 Å². The minimum absolute atomic E-state index is 0.0271. The topological polar surface area (TPSA) is 62.3 Å². The van der Waals surface area contributed by atoms with E-state index in [1.165, 1.54) is 5.56 Å². The second-order valence-electron chi connectivity index (χ2n) is 6.82. The Bertz CT molecular complexity index is 773. The van der Waals surface area contributed by atoms with Gasteiger partial charge in [0.2, 0.25) is 11.8 Å². The molecular formula is C20H25N3O2S. The van der Waals surface area contributed by atoms with Crippen molar-refractivity contribution in [3.8, 4) is 0 Å². The van der Waals surface area contributed by atoms with Crippen molar-refractivity contribution in [3.05, 3.63) is 51.5 Å². The molecule has 6 heteroatoms. The number of benzene rings is 1. The highest BCUT2D eigenvalue weighted by atomic mass is 32.1. The molecule has 0 spiro atoms. The standard InChI is InChI=1S/C20H25N3O2S/c1-14-18(26-15(2)21-14)12-19(24)22-17-11-20(25)23(13-17)10-6-9-16-7-4-3-5-8-16/h3-5,7-8,17H,6,9-13H2,1-2H3,(H,22,24)/t17-/m1/s1. The molecule has 138 valence electrons. The first-order valence-electron chi connectivity index (χ1n) is 9.05. The highest BCUT2D eigenvalue weighted by Crippen LogP contribution is 2.18. The van der Waals surface area contributed by atoms with E-state index in [9.17, 15) is 9.59 Å². The second-order valence-corrected chi connectivity index (χ2v) is 8.10. The van der Waals surface area contributed by atoms with Crippen molar-refractivity contribution in [3.63, 3.8) is 0 Å². The molecule has 1 aliphatic rings. The lowest BCUT2D eigenvalue weighted by molar-refractivity contribution is -0.127. The molecule has 1 aromatic carbocycles. The maximum absolute atomic E-state index is 12.3. The van der Waals surface area contributed by atoms with Crippen LogP contribution in [0.3, 0.4) is 0 Å². The van der Waals surface area contributed by atoms with Crippen molar-refractivity contribution in [2.24, 2.45) is 0 Å². The molecule has 1 atom stereocenters. The minimum atomic E-state index is -0.0824. The number of carbonyl (C=O) groups excluding carboxylic acids is 2. The summed E-state index contributed by atoms with van der Waals surface area (Å²) in [7, 11) is 0. The smallest absolute Gasteiger partial charge is 0.225 e. The first kappa shape index (κ1) is 18.6. The molecule has 26 heavy (non-hydrogen) atoms. The molecule has 2 heterocycles. The number of rotatable bonds is 7. The number of thiazole rings is 1. The van der Waals surface area contributed by atoms with Crippen LogP contribution in [-0.2, 0) is 22.4 Å². The molecule has 0 unspecified atom stereocenters. The third kappa shape index (κ3) is 4.91. The Balaban J connectivity index is 1.43. The van der Waals surface area contributed by atoms with Gasteiger partial charge in [0.1, 0.15) is 0 Å². The molecule has 1 N–H and O–H groups in total. The van der Waals surface area contributed by atoms with Crippen molar-refractivity contribution in [1.29, 1.82) is 0 Å². The lowest BCUT2D eigenvalue weighted by atomic mass is 10.1. The van der Waals surface area contributed by atoms with E-state index in [1.54, 1.807) is 11.3 Å². The maximum atomic E-state index is 12.3. The Hall–Kier alpha value is -2.21. The molecule has 2 aromatic rings. The van der Waals surface area contributed by atoms with Gasteiger partial charge in [-0.1, -0.05) is 30.3 Å². The van der Waals surface area contributed by atoms with Gasteiger partial charge in [-0.25, -0.2) is 4.98 Å². The van der Waals surface area contributed by atoms with E-state index >= 15 is 0 Å². The summed E-state index contributed by atoms with van der Waals surface area (Å²) >= 11 is 1.56. The van der Waals surface area contributed by atoms with Gasteiger partial charge in [-0.05, 0) is 32.3 Å². The van der Waals surface area contributed by atoms with Gasteiger partial charge in [-0.2, -0.15) is 0 Å². The SMILES string of the molecule is Cc1nc(C)c(CC(=O)N[C@@H]2CC(=O)N(CCCc3ccccc3)C2)s1. The van der Waals surface area contributed by atoms with Crippen molar-refractivity contribution in [2.75, 3.05) is 13.1 Å². The Morgan fingerprint density at radius 1 is 1.31 bits per heavy atom. The van der Waals surface area contributed by atoms with E-state index in [2.05, 4.69) is 22.4 Å². The van der Waals surface area contributed by atoms with Gasteiger partial charge >= 0.3 is 0 Å². The predicted octanol–water partition coefficient (Wildman–Crippen LogP) is 2.65. The van der Waals surface area contributed by atoms with Crippen LogP contribution in [0.5, 0.6) is 0 Å². The van der Waals surface area contributed by atoms with Crippen LogP contribution in [0.1, 0.15) is 34.0 Å². The van der Waals surface area contributed by atoms with Crippen LogP contribution in [0.15, 0.2) is 30.3 Å². The molecular weight excluding hydrogens is 346 g/mol. The summed E-state index contributed by atoms with van der Waals surface area (Å²) < 4.78 is 0. The number of hydrogen-bond donors (Lipinski definition) is 1. The zero-order valence-electron chi connectivity index (χ0n) is 15.3. The lowest BCUT2D eigenvalue weighted by Crippen LogP contribution is -2.38. The quantitative estimate of drug-likeness (QED) is 0.814. The Labute approximate surface area is 158 Å². The number of amides is 2. The van der Waals surface area contributed by atoms with Crippen LogP contribution in [0.2, 0.25) is 0 Å². The first-order valence-corrected chi connectivity index (χ1v) is 9.87. The van der Waals surface area contributed by atoms with Crippen LogP contribution in [0.4, 0.5) is 0 Å². The average molecular weight is 372 g/mol. The van der Waals surface area contributed by atoms with Gasteiger partial charge in [0.15, 0.2) is 0 Å². The summed E-state index contributed by atoms with van der Waals surface area (Å²) in [6.45, 7) is 5.23. The summed E-state index contributed by atoms with van der Waals surface area (Å²) in [4.78, 5) is 31.7. The van der Waals surface area contributed by atoms with Gasteiger partial charge in [-0.3, -0.25) is 9.59 Å². The van der Waals surface area contributed by atoms with Crippen molar-refractivity contribution in [1.82, 2.24) is 15.2 Å². The lowest BCUT2D eigenvalue weighted by Gasteiger charge is -2.17. The summed E-state index contributed by atoms with van der Waals surface area (Å²) in [6, 6.07) is 10.2. The molecule has 0 saturated carbocycles. The van der Waals surface area contributed by atoms with Crippen LogP contribution in [-0.4, -0.2) is 40.8 Å². The number of nitrogens with zero attached hydrogens (tertiary/aromatic N) is 2. The molecule has 0 aliphatic carbocycles. The van der Waals surface area contributed by atoms with Gasteiger partial charge < -0.3 is 10.2 Å². The van der Waals surface area contributed by atoms with E-state index in [0.29, 0.717) is 19.4 Å². The number of likely N-dealkylation sites (tertiary alicyclic amines) is 1. The van der Waals surface area contributed by atoms with E-state index in [1.807, 2.05) is 36.9 Å². The van der Waals surface area contributed by atoms with Crippen LogP contribution < -0.4 is 5.32 Å². The number of nitrogens with one attached hydrogen (secondary N) is 1. The number of hydrogen-bond acceptors (Lipinski definition) is 4. The summed E-state index contributed by atoms with van der Waals surface area (Å²) in [5.74, 6) is 0.105. The third-order valence-electron chi connectivity index (χ3n) is 4.64. The molecule has 1 aromatic heterocycles. The molecule has 1 fully saturated rings.